The maximum atomic E-state index is 5.78. The van der Waals surface area contributed by atoms with Crippen molar-refractivity contribution >= 4 is 92.4 Å². The summed E-state index contributed by atoms with van der Waals surface area (Å²) in [6.07, 6.45) is 16.4. The van der Waals surface area contributed by atoms with E-state index >= 15 is 0 Å². The second-order valence-electron chi connectivity index (χ2n) is 22.0. The molecule has 0 atom stereocenters. The first kappa shape index (κ1) is 56.2. The van der Waals surface area contributed by atoms with Crippen molar-refractivity contribution in [1.29, 1.82) is 0 Å². The molecule has 6 aromatic carbocycles. The van der Waals surface area contributed by atoms with Crippen LogP contribution >= 0.6 is 0 Å². The average Bonchev–Trinajstić information content (AvgIpc) is 1.68. The fraction of sp³-hybridized carbons (Fsp3) is 0. The van der Waals surface area contributed by atoms with Gasteiger partial charge >= 0.3 is 33.0 Å². The van der Waals surface area contributed by atoms with Gasteiger partial charge in [0.1, 0.15) is 5.69 Å². The molecule has 0 saturated carbocycles. The maximum Gasteiger partial charge on any atom is 2.00 e. The largest absolute Gasteiger partial charge is 2.00 e. The minimum atomic E-state index is 0. The Morgan fingerprint density at radius 1 is 0.286 bits per heavy atom. The second-order valence-corrected chi connectivity index (χ2v) is 22.0. The molecule has 0 aliphatic carbocycles. The summed E-state index contributed by atoms with van der Waals surface area (Å²) in [5.41, 5.74) is 24.9. The van der Waals surface area contributed by atoms with E-state index in [1.165, 1.54) is 0 Å². The number of aromatic nitrogens is 11. The van der Waals surface area contributed by atoms with Crippen LogP contribution in [0.25, 0.3) is 170 Å². The number of fused-ring (bicyclic) bond motifs is 16. The van der Waals surface area contributed by atoms with Gasteiger partial charge in [-0.1, -0.05) is 242 Å². The van der Waals surface area contributed by atoms with Crippen LogP contribution in [0.1, 0.15) is 45.6 Å². The summed E-state index contributed by atoms with van der Waals surface area (Å²) in [5.74, 6) is 0. The minimum Gasteiger partial charge on any atom is -0.657 e. The normalized spacial score (nSPS) is 12.2. The van der Waals surface area contributed by atoms with E-state index in [0.29, 0.717) is 39.6 Å². The van der Waals surface area contributed by atoms with Crippen molar-refractivity contribution in [2.24, 2.45) is 0 Å². The van der Waals surface area contributed by atoms with Gasteiger partial charge in [-0.3, -0.25) is 0 Å². The molecule has 434 valence electrons. The fourth-order valence-electron chi connectivity index (χ4n) is 12.5. The summed E-state index contributed by atoms with van der Waals surface area (Å²) >= 11 is 0. The second kappa shape index (κ2) is 23.6. The molecular formula is C78H47N11Ni2. The molecule has 7 aromatic heterocycles. The van der Waals surface area contributed by atoms with Gasteiger partial charge in [-0.2, -0.15) is 0 Å². The number of nitrogens with zero attached hydrogens (tertiary/aromatic N) is 11. The molecular weight excluding hydrogens is 1210 g/mol. The predicted octanol–water partition coefficient (Wildman–Crippen LogP) is 17.3. The zero-order valence-electron chi connectivity index (χ0n) is 48.2. The third-order valence-electron chi connectivity index (χ3n) is 16.5. The van der Waals surface area contributed by atoms with Gasteiger partial charge in [-0.05, 0) is 109 Å². The summed E-state index contributed by atoms with van der Waals surface area (Å²) in [4.78, 5) is 43.8. The first-order chi connectivity index (χ1) is 44.1. The smallest absolute Gasteiger partial charge is 0.657 e. The Morgan fingerprint density at radius 2 is 0.615 bits per heavy atom. The molecule has 0 spiro atoms. The molecule has 4 aliphatic rings. The Kier molecular flexibility index (Phi) is 14.6. The van der Waals surface area contributed by atoms with E-state index in [2.05, 4.69) is 164 Å². The Labute approximate surface area is 543 Å². The summed E-state index contributed by atoms with van der Waals surface area (Å²) in [6, 6.07) is 80.6. The van der Waals surface area contributed by atoms with Crippen molar-refractivity contribution in [3.05, 3.63) is 288 Å². The number of rotatable bonds is 8. The molecule has 11 heterocycles. The van der Waals surface area contributed by atoms with E-state index in [4.69, 9.17) is 50.2 Å². The van der Waals surface area contributed by atoms with Crippen molar-refractivity contribution in [1.82, 2.24) is 54.9 Å². The third kappa shape index (κ3) is 10.2. The van der Waals surface area contributed by atoms with Gasteiger partial charge in [0.2, 0.25) is 0 Å². The van der Waals surface area contributed by atoms with E-state index in [1.807, 2.05) is 126 Å². The van der Waals surface area contributed by atoms with Crippen molar-refractivity contribution in [3.63, 3.8) is 0 Å². The molecule has 0 amide bonds. The van der Waals surface area contributed by atoms with Gasteiger partial charge in [-0.15, -0.1) is 49.2 Å². The van der Waals surface area contributed by atoms with Crippen molar-refractivity contribution in [2.45, 2.75) is 0 Å². The topological polar surface area (TPSA) is 139 Å². The molecule has 0 radical (unpaired) electrons. The molecule has 0 saturated heterocycles. The van der Waals surface area contributed by atoms with Gasteiger partial charge in [0.25, 0.3) is 0 Å². The van der Waals surface area contributed by atoms with Crippen LogP contribution in [0.2, 0.25) is 0 Å². The van der Waals surface area contributed by atoms with E-state index in [-0.39, 0.29) is 33.0 Å². The van der Waals surface area contributed by atoms with E-state index in [9.17, 15) is 0 Å². The number of benzene rings is 6. The van der Waals surface area contributed by atoms with Crippen LogP contribution in [0.4, 0.5) is 0 Å². The molecule has 0 unspecified atom stereocenters. The fourth-order valence-corrected chi connectivity index (χ4v) is 12.5. The van der Waals surface area contributed by atoms with Crippen molar-refractivity contribution < 1.29 is 33.0 Å². The van der Waals surface area contributed by atoms with Crippen LogP contribution in [-0.4, -0.2) is 34.9 Å². The SMILES string of the molecule is C1=Cc2nc1cc1ccc([n-]1)c(-c1ccccc1)c1nc(c(-c3cn(C4=Cc5nc4c(-c4ccccc4)c4ccc([n-]4)c(-c4ccccc4)c4nc(c(-c6ccccc6)c6ccc([n-]6)c5-c5ccccc5)C=C4)nn3)c3ccc([n-]3)c2-c2ccccc2)C=C1.[Ni+2].[Ni+2]. The Morgan fingerprint density at radius 3 is 1.04 bits per heavy atom. The first-order valence-electron chi connectivity index (χ1n) is 29.5. The zero-order chi connectivity index (χ0) is 58.8. The standard InChI is InChI=1S/C78H47N11.2Ni/c1-7-19-48(20-8-1)71-56-33-31-54(79-56)45-55-32-34-57(80-55)72(49-21-9-2-10-22-49)59-41-44-67(85-59)77(66-43-40-58(71)84-66)69-47-89(88-87-69)70-46-68-75(52-27-15-5-16-28-52)64-38-37-62(82-64)73(50-23-11-3-12-24-50)60-35-36-61(81-60)74(51-25-13-4-14-26-51)63-39-42-65(83-63)76(78(70)86-68)53-29-17-6-18-30-53;;/h1-47H;;/q-4;2*+2. The third-order valence-corrected chi connectivity index (χ3v) is 16.5. The molecule has 13 aromatic rings. The molecule has 13 heteroatoms. The first-order valence-corrected chi connectivity index (χ1v) is 29.5. The van der Waals surface area contributed by atoms with Crippen LogP contribution in [0.5, 0.6) is 0 Å². The van der Waals surface area contributed by atoms with Crippen LogP contribution < -0.4 is 19.9 Å². The molecule has 0 N–H and O–H groups in total. The molecule has 17 rings (SSSR count). The summed E-state index contributed by atoms with van der Waals surface area (Å²) < 4.78 is 1.83. The van der Waals surface area contributed by atoms with Gasteiger partial charge in [0, 0.05) is 5.56 Å². The van der Waals surface area contributed by atoms with Gasteiger partial charge < -0.3 is 19.9 Å². The monoisotopic (exact) mass is 1250 g/mol. The minimum absolute atomic E-state index is 0. The van der Waals surface area contributed by atoms with Crippen LogP contribution in [0.3, 0.4) is 0 Å². The van der Waals surface area contributed by atoms with E-state index in [1.54, 1.807) is 0 Å². The Bertz CT molecular complexity index is 5430. The van der Waals surface area contributed by atoms with E-state index < -0.39 is 0 Å². The Hall–Kier alpha value is -11.4. The van der Waals surface area contributed by atoms with Crippen molar-refractivity contribution in [3.8, 4) is 78.0 Å². The molecule has 4 aliphatic heterocycles. The predicted molar refractivity (Wildman–Crippen MR) is 360 cm³/mol. The number of hydrogen-bond acceptors (Lipinski definition) is 6. The molecule has 11 nitrogen and oxygen atoms in total. The van der Waals surface area contributed by atoms with Crippen LogP contribution in [0.15, 0.2) is 243 Å². The number of hydrogen-bond donors (Lipinski definition) is 0. The summed E-state index contributed by atoms with van der Waals surface area (Å²) in [6.45, 7) is 0. The summed E-state index contributed by atoms with van der Waals surface area (Å²) in [7, 11) is 0. The Balaban J connectivity index is 0.00000345. The summed E-state index contributed by atoms with van der Waals surface area (Å²) in [5, 5.41) is 10.2. The van der Waals surface area contributed by atoms with Crippen molar-refractivity contribution in [2.75, 3.05) is 0 Å². The molecule has 16 bridgehead atoms. The molecule has 91 heavy (non-hydrogen) atoms. The molecule has 0 fully saturated rings. The maximum absolute atomic E-state index is 5.78. The van der Waals surface area contributed by atoms with Gasteiger partial charge in [0.05, 0.1) is 57.4 Å². The van der Waals surface area contributed by atoms with Crippen LogP contribution in [0, 0.1) is 0 Å². The van der Waals surface area contributed by atoms with Gasteiger partial charge in [0.15, 0.2) is 0 Å². The van der Waals surface area contributed by atoms with Gasteiger partial charge in [-0.25, -0.2) is 24.6 Å². The zero-order valence-corrected chi connectivity index (χ0v) is 50.2. The quantitative estimate of drug-likeness (QED) is 0.135. The average molecular weight is 1260 g/mol. The van der Waals surface area contributed by atoms with Crippen LogP contribution in [-0.2, 0) is 33.0 Å². The van der Waals surface area contributed by atoms with E-state index in [0.717, 1.165) is 134 Å².